The van der Waals surface area contributed by atoms with Crippen molar-refractivity contribution in [1.82, 2.24) is 0 Å². The first-order chi connectivity index (χ1) is 8.15. The van der Waals surface area contributed by atoms with Gasteiger partial charge in [-0.25, -0.2) is 0 Å². The number of halogens is 1. The molecule has 3 heteroatoms. The summed E-state index contributed by atoms with van der Waals surface area (Å²) < 4.78 is 7.46. The third-order valence-electron chi connectivity index (χ3n) is 3.94. The first-order valence-electron chi connectivity index (χ1n) is 6.53. The minimum atomic E-state index is -1.63. The van der Waals surface area contributed by atoms with Gasteiger partial charge in [0.1, 0.15) is 0 Å². The summed E-state index contributed by atoms with van der Waals surface area (Å²) in [7, 11) is -1.63. The standard InChI is InChI=1S/C15H25BrOSi/c1-12(13-9-7-8-10-14(13)16)11-17-18(5,6)15(2,3)4/h7-10,12H,11H2,1-6H3. The SMILES string of the molecule is CC(CO[Si](C)(C)C(C)(C)C)c1ccccc1Br. The van der Waals surface area contributed by atoms with Crippen LogP contribution in [-0.4, -0.2) is 14.9 Å². The lowest BCUT2D eigenvalue weighted by atomic mass is 10.0. The monoisotopic (exact) mass is 328 g/mol. The highest BCUT2D eigenvalue weighted by molar-refractivity contribution is 9.10. The van der Waals surface area contributed by atoms with Crippen molar-refractivity contribution in [2.45, 2.75) is 51.7 Å². The lowest BCUT2D eigenvalue weighted by molar-refractivity contribution is 0.269. The Balaban J connectivity index is 2.68. The van der Waals surface area contributed by atoms with Crippen molar-refractivity contribution in [1.29, 1.82) is 0 Å². The molecule has 0 aliphatic carbocycles. The van der Waals surface area contributed by atoms with Crippen molar-refractivity contribution >= 4 is 24.2 Å². The van der Waals surface area contributed by atoms with E-state index in [4.69, 9.17) is 4.43 Å². The molecule has 0 aliphatic heterocycles. The molecule has 0 heterocycles. The Hall–Kier alpha value is -0.123. The van der Waals surface area contributed by atoms with Gasteiger partial charge in [-0.2, -0.15) is 0 Å². The summed E-state index contributed by atoms with van der Waals surface area (Å²) in [6.45, 7) is 14.5. The average Bonchev–Trinajstić information content (AvgIpc) is 2.25. The lowest BCUT2D eigenvalue weighted by Gasteiger charge is -2.37. The molecule has 1 aromatic carbocycles. The molecule has 0 aliphatic rings. The summed E-state index contributed by atoms with van der Waals surface area (Å²) >= 11 is 3.61. The predicted molar refractivity (Wildman–Crippen MR) is 85.7 cm³/mol. The predicted octanol–water partition coefficient (Wildman–Crippen LogP) is 5.57. The van der Waals surface area contributed by atoms with E-state index < -0.39 is 8.32 Å². The van der Waals surface area contributed by atoms with E-state index in [1.165, 1.54) is 10.0 Å². The Labute approximate surface area is 121 Å². The van der Waals surface area contributed by atoms with Crippen molar-refractivity contribution in [2.24, 2.45) is 0 Å². The highest BCUT2D eigenvalue weighted by Gasteiger charge is 2.37. The molecule has 102 valence electrons. The number of hydrogen-bond donors (Lipinski definition) is 0. The first kappa shape index (κ1) is 15.9. The van der Waals surface area contributed by atoms with Crippen LogP contribution in [0.25, 0.3) is 0 Å². The molecule has 1 aromatic rings. The molecule has 0 aromatic heterocycles. The summed E-state index contributed by atoms with van der Waals surface area (Å²) in [5.41, 5.74) is 1.33. The molecule has 0 amide bonds. The van der Waals surface area contributed by atoms with E-state index >= 15 is 0 Å². The van der Waals surface area contributed by atoms with Crippen LogP contribution in [0.5, 0.6) is 0 Å². The van der Waals surface area contributed by atoms with Gasteiger partial charge in [-0.15, -0.1) is 0 Å². The van der Waals surface area contributed by atoms with Crippen molar-refractivity contribution in [3.63, 3.8) is 0 Å². The van der Waals surface area contributed by atoms with Gasteiger partial charge in [0, 0.05) is 17.0 Å². The van der Waals surface area contributed by atoms with Crippen LogP contribution in [0.4, 0.5) is 0 Å². The number of benzene rings is 1. The molecule has 18 heavy (non-hydrogen) atoms. The molecule has 0 N–H and O–H groups in total. The molecule has 1 rings (SSSR count). The van der Waals surface area contributed by atoms with E-state index in [9.17, 15) is 0 Å². The van der Waals surface area contributed by atoms with Crippen molar-refractivity contribution < 1.29 is 4.43 Å². The van der Waals surface area contributed by atoms with Gasteiger partial charge in [0.15, 0.2) is 8.32 Å². The third kappa shape index (κ3) is 3.94. The van der Waals surface area contributed by atoms with Gasteiger partial charge in [-0.1, -0.05) is 61.8 Å². The molecule has 0 spiro atoms. The largest absolute Gasteiger partial charge is 0.416 e. The number of hydrogen-bond acceptors (Lipinski definition) is 1. The Morgan fingerprint density at radius 2 is 1.78 bits per heavy atom. The molecule has 0 bridgehead atoms. The van der Waals surface area contributed by atoms with E-state index in [1.54, 1.807) is 0 Å². The fourth-order valence-corrected chi connectivity index (χ4v) is 3.29. The summed E-state index contributed by atoms with van der Waals surface area (Å²) in [4.78, 5) is 0. The lowest BCUT2D eigenvalue weighted by Crippen LogP contribution is -2.41. The molecule has 1 unspecified atom stereocenters. The van der Waals surface area contributed by atoms with Crippen LogP contribution >= 0.6 is 15.9 Å². The quantitative estimate of drug-likeness (QED) is 0.656. The van der Waals surface area contributed by atoms with E-state index in [1.807, 2.05) is 0 Å². The summed E-state index contributed by atoms with van der Waals surface area (Å²) in [5, 5.41) is 0.278. The Morgan fingerprint density at radius 3 is 2.28 bits per heavy atom. The second kappa shape index (κ2) is 5.89. The fourth-order valence-electron chi connectivity index (χ4n) is 1.51. The normalized spacial score (nSPS) is 14.6. The zero-order chi connectivity index (χ0) is 14.0. The zero-order valence-corrected chi connectivity index (χ0v) is 15.0. The topological polar surface area (TPSA) is 9.23 Å². The second-order valence-electron chi connectivity index (χ2n) is 6.49. The van der Waals surface area contributed by atoms with E-state index in [-0.39, 0.29) is 5.04 Å². The third-order valence-corrected chi connectivity index (χ3v) is 9.16. The zero-order valence-electron chi connectivity index (χ0n) is 12.4. The van der Waals surface area contributed by atoms with Crippen LogP contribution in [-0.2, 0) is 4.43 Å². The minimum Gasteiger partial charge on any atom is -0.416 e. The molecular formula is C15H25BrOSi. The Morgan fingerprint density at radius 1 is 1.22 bits per heavy atom. The maximum Gasteiger partial charge on any atom is 0.192 e. The summed E-state index contributed by atoms with van der Waals surface area (Å²) in [6, 6.07) is 8.40. The van der Waals surface area contributed by atoms with Crippen LogP contribution < -0.4 is 0 Å². The molecule has 0 radical (unpaired) electrons. The molecule has 0 fully saturated rings. The highest BCUT2D eigenvalue weighted by atomic mass is 79.9. The van der Waals surface area contributed by atoms with Gasteiger partial charge < -0.3 is 4.43 Å². The van der Waals surface area contributed by atoms with Gasteiger partial charge >= 0.3 is 0 Å². The maximum atomic E-state index is 6.28. The second-order valence-corrected chi connectivity index (χ2v) is 12.2. The van der Waals surface area contributed by atoms with Crippen molar-refractivity contribution in [2.75, 3.05) is 6.61 Å². The molecule has 0 saturated heterocycles. The maximum absolute atomic E-state index is 6.28. The van der Waals surface area contributed by atoms with Gasteiger partial charge in [0.05, 0.1) is 0 Å². The summed E-state index contributed by atoms with van der Waals surface area (Å²) in [6.07, 6.45) is 0. The van der Waals surface area contributed by atoms with Crippen LogP contribution in [0.15, 0.2) is 28.7 Å². The average molecular weight is 329 g/mol. The van der Waals surface area contributed by atoms with E-state index in [0.717, 1.165) is 6.61 Å². The Bertz CT molecular complexity index is 396. The molecule has 1 nitrogen and oxygen atoms in total. The smallest absolute Gasteiger partial charge is 0.192 e. The Kier molecular flexibility index (Phi) is 5.21. The molecule has 0 saturated carbocycles. The van der Waals surface area contributed by atoms with Crippen LogP contribution in [0, 0.1) is 0 Å². The fraction of sp³-hybridized carbons (Fsp3) is 0.600. The molecular weight excluding hydrogens is 304 g/mol. The first-order valence-corrected chi connectivity index (χ1v) is 10.2. The van der Waals surface area contributed by atoms with Gasteiger partial charge in [-0.3, -0.25) is 0 Å². The van der Waals surface area contributed by atoms with Gasteiger partial charge in [0.2, 0.25) is 0 Å². The van der Waals surface area contributed by atoms with Crippen LogP contribution in [0.3, 0.4) is 0 Å². The van der Waals surface area contributed by atoms with Gasteiger partial charge in [0.25, 0.3) is 0 Å². The van der Waals surface area contributed by atoms with Gasteiger partial charge in [-0.05, 0) is 29.8 Å². The molecule has 1 atom stereocenters. The van der Waals surface area contributed by atoms with Crippen LogP contribution in [0.2, 0.25) is 18.1 Å². The van der Waals surface area contributed by atoms with E-state index in [0.29, 0.717) is 5.92 Å². The van der Waals surface area contributed by atoms with E-state index in [2.05, 4.69) is 81.0 Å². The number of rotatable bonds is 4. The van der Waals surface area contributed by atoms with Crippen molar-refractivity contribution in [3.05, 3.63) is 34.3 Å². The van der Waals surface area contributed by atoms with Crippen molar-refractivity contribution in [3.8, 4) is 0 Å². The van der Waals surface area contributed by atoms with Crippen LogP contribution in [0.1, 0.15) is 39.2 Å². The minimum absolute atomic E-state index is 0.278. The highest BCUT2D eigenvalue weighted by Crippen LogP contribution is 2.37. The summed E-state index contributed by atoms with van der Waals surface area (Å²) in [5.74, 6) is 0.426.